The average molecular weight is 335 g/mol. The van der Waals surface area contributed by atoms with Crippen LogP contribution in [0.1, 0.15) is 13.0 Å². The number of carbonyl (C=O) groups is 1. The van der Waals surface area contributed by atoms with Gasteiger partial charge in [-0.05, 0) is 37.3 Å². The third kappa shape index (κ3) is 2.85. The Bertz CT molecular complexity index is 948. The molecule has 0 fully saturated rings. The van der Waals surface area contributed by atoms with Crippen molar-refractivity contribution in [1.82, 2.24) is 4.57 Å². The molecular weight excluding hydrogens is 323 g/mol. The standard InChI is InChI=1S/C16H12ClFN2O3/c1-9(15(21)19-10-6-7-12(18)11(17)8-10)20-13-4-2-3-5-14(13)23-16(20)22/h2-9H,1H3,(H,19,21). The minimum atomic E-state index is -0.810. The third-order valence-corrected chi connectivity index (χ3v) is 3.76. The molecule has 7 heteroatoms. The zero-order chi connectivity index (χ0) is 16.6. The van der Waals surface area contributed by atoms with Gasteiger partial charge in [-0.3, -0.25) is 9.36 Å². The summed E-state index contributed by atoms with van der Waals surface area (Å²) in [6.07, 6.45) is 0. The number of carbonyl (C=O) groups excluding carboxylic acids is 1. The van der Waals surface area contributed by atoms with E-state index in [1.54, 1.807) is 31.2 Å². The molecule has 1 N–H and O–H groups in total. The zero-order valence-electron chi connectivity index (χ0n) is 12.0. The van der Waals surface area contributed by atoms with Crippen molar-refractivity contribution >= 4 is 34.3 Å². The van der Waals surface area contributed by atoms with Crippen LogP contribution in [-0.4, -0.2) is 10.5 Å². The van der Waals surface area contributed by atoms with Crippen molar-refractivity contribution in [2.24, 2.45) is 0 Å². The molecule has 3 aromatic rings. The molecule has 0 spiro atoms. The number of hydrogen-bond acceptors (Lipinski definition) is 3. The molecule has 0 aliphatic carbocycles. The topological polar surface area (TPSA) is 64.2 Å². The first-order valence-corrected chi connectivity index (χ1v) is 7.21. The minimum Gasteiger partial charge on any atom is -0.408 e. The lowest BCUT2D eigenvalue weighted by Crippen LogP contribution is -2.29. The molecule has 23 heavy (non-hydrogen) atoms. The smallest absolute Gasteiger partial charge is 0.408 e. The molecule has 0 saturated heterocycles. The second-order valence-corrected chi connectivity index (χ2v) is 5.41. The highest BCUT2D eigenvalue weighted by Gasteiger charge is 2.21. The van der Waals surface area contributed by atoms with E-state index in [0.29, 0.717) is 16.8 Å². The normalized spacial score (nSPS) is 12.3. The number of para-hydroxylation sites is 2. The summed E-state index contributed by atoms with van der Waals surface area (Å²) in [6.45, 7) is 1.57. The number of nitrogens with zero attached hydrogens (tertiary/aromatic N) is 1. The molecule has 118 valence electrons. The van der Waals surface area contributed by atoms with E-state index in [4.69, 9.17) is 16.0 Å². The Morgan fingerprint density at radius 1 is 1.30 bits per heavy atom. The molecule has 0 bridgehead atoms. The van der Waals surface area contributed by atoms with Crippen LogP contribution in [0.2, 0.25) is 5.02 Å². The van der Waals surface area contributed by atoms with E-state index in [2.05, 4.69) is 5.32 Å². The van der Waals surface area contributed by atoms with Crippen LogP contribution < -0.4 is 11.1 Å². The number of fused-ring (bicyclic) bond motifs is 1. The maximum atomic E-state index is 13.1. The van der Waals surface area contributed by atoms with Gasteiger partial charge in [0, 0.05) is 5.69 Å². The van der Waals surface area contributed by atoms with Gasteiger partial charge in [-0.25, -0.2) is 9.18 Å². The molecule has 1 unspecified atom stereocenters. The molecule has 0 aliphatic rings. The maximum Gasteiger partial charge on any atom is 0.420 e. The summed E-state index contributed by atoms with van der Waals surface area (Å²) < 4.78 is 19.5. The van der Waals surface area contributed by atoms with Gasteiger partial charge in [-0.15, -0.1) is 0 Å². The number of hydrogen-bond donors (Lipinski definition) is 1. The zero-order valence-corrected chi connectivity index (χ0v) is 12.8. The van der Waals surface area contributed by atoms with Gasteiger partial charge in [-0.1, -0.05) is 23.7 Å². The molecule has 1 atom stereocenters. The summed E-state index contributed by atoms with van der Waals surface area (Å²) in [4.78, 5) is 24.3. The Morgan fingerprint density at radius 3 is 2.78 bits per heavy atom. The quantitative estimate of drug-likeness (QED) is 0.796. The van der Waals surface area contributed by atoms with E-state index in [1.165, 1.54) is 16.7 Å². The van der Waals surface area contributed by atoms with Gasteiger partial charge in [0.2, 0.25) is 5.91 Å². The summed E-state index contributed by atoms with van der Waals surface area (Å²) in [5.41, 5.74) is 1.27. The number of benzene rings is 2. The van der Waals surface area contributed by atoms with Crippen LogP contribution in [0.15, 0.2) is 51.7 Å². The van der Waals surface area contributed by atoms with Crippen LogP contribution in [0, 0.1) is 5.82 Å². The van der Waals surface area contributed by atoms with E-state index < -0.39 is 23.5 Å². The summed E-state index contributed by atoms with van der Waals surface area (Å²) in [5.74, 6) is -1.64. The van der Waals surface area contributed by atoms with E-state index in [-0.39, 0.29) is 5.02 Å². The highest BCUT2D eigenvalue weighted by atomic mass is 35.5. The number of anilines is 1. The molecule has 0 saturated carbocycles. The Hall–Kier alpha value is -2.60. The number of rotatable bonds is 3. The molecule has 2 aromatic carbocycles. The molecule has 0 aliphatic heterocycles. The average Bonchev–Trinajstić information content (AvgIpc) is 2.86. The van der Waals surface area contributed by atoms with Crippen molar-refractivity contribution in [1.29, 1.82) is 0 Å². The largest absolute Gasteiger partial charge is 0.420 e. The van der Waals surface area contributed by atoms with Gasteiger partial charge in [0.1, 0.15) is 11.9 Å². The fourth-order valence-electron chi connectivity index (χ4n) is 2.29. The minimum absolute atomic E-state index is 0.0959. The highest BCUT2D eigenvalue weighted by molar-refractivity contribution is 6.31. The van der Waals surface area contributed by atoms with Gasteiger partial charge in [0.05, 0.1) is 10.5 Å². The van der Waals surface area contributed by atoms with Crippen LogP contribution in [0.25, 0.3) is 11.1 Å². The first-order valence-electron chi connectivity index (χ1n) is 6.83. The lowest BCUT2D eigenvalue weighted by atomic mass is 10.2. The molecule has 1 heterocycles. The molecule has 5 nitrogen and oxygen atoms in total. The van der Waals surface area contributed by atoms with Crippen LogP contribution in [0.5, 0.6) is 0 Å². The SMILES string of the molecule is CC(C(=O)Nc1ccc(F)c(Cl)c1)n1c(=O)oc2ccccc21. The van der Waals surface area contributed by atoms with E-state index >= 15 is 0 Å². The number of nitrogens with one attached hydrogen (secondary N) is 1. The van der Waals surface area contributed by atoms with Crippen LogP contribution >= 0.6 is 11.6 Å². The number of oxazole rings is 1. The van der Waals surface area contributed by atoms with E-state index in [0.717, 1.165) is 6.07 Å². The predicted octanol–water partition coefficient (Wildman–Crippen LogP) is 3.59. The predicted molar refractivity (Wildman–Crippen MR) is 85.2 cm³/mol. The summed E-state index contributed by atoms with van der Waals surface area (Å²) >= 11 is 5.68. The molecule has 3 rings (SSSR count). The summed E-state index contributed by atoms with van der Waals surface area (Å²) in [6, 6.07) is 9.87. The number of aromatic nitrogens is 1. The fourth-order valence-corrected chi connectivity index (χ4v) is 2.47. The molecule has 0 radical (unpaired) electrons. The van der Waals surface area contributed by atoms with Crippen molar-refractivity contribution in [2.75, 3.05) is 5.32 Å². The van der Waals surface area contributed by atoms with E-state index in [1.807, 2.05) is 0 Å². The van der Waals surface area contributed by atoms with Gasteiger partial charge in [0.25, 0.3) is 0 Å². The van der Waals surface area contributed by atoms with Crippen molar-refractivity contribution in [2.45, 2.75) is 13.0 Å². The second-order valence-electron chi connectivity index (χ2n) is 5.00. The number of halogens is 2. The molecule has 1 aromatic heterocycles. The van der Waals surface area contributed by atoms with Crippen LogP contribution in [0.3, 0.4) is 0 Å². The van der Waals surface area contributed by atoms with E-state index in [9.17, 15) is 14.0 Å². The van der Waals surface area contributed by atoms with Crippen molar-refractivity contribution in [3.63, 3.8) is 0 Å². The third-order valence-electron chi connectivity index (χ3n) is 3.47. The first-order chi connectivity index (χ1) is 11.0. The van der Waals surface area contributed by atoms with Crippen molar-refractivity contribution in [3.05, 3.63) is 63.9 Å². The van der Waals surface area contributed by atoms with Crippen LogP contribution in [0.4, 0.5) is 10.1 Å². The second kappa shape index (κ2) is 5.89. The maximum absolute atomic E-state index is 13.1. The fraction of sp³-hybridized carbons (Fsp3) is 0.125. The van der Waals surface area contributed by atoms with Gasteiger partial charge in [-0.2, -0.15) is 0 Å². The van der Waals surface area contributed by atoms with Crippen LogP contribution in [-0.2, 0) is 4.79 Å². The Kier molecular flexibility index (Phi) is 3.92. The summed E-state index contributed by atoms with van der Waals surface area (Å²) in [7, 11) is 0. The highest BCUT2D eigenvalue weighted by Crippen LogP contribution is 2.21. The Balaban J connectivity index is 1.91. The monoisotopic (exact) mass is 334 g/mol. The first kappa shape index (κ1) is 15.3. The Morgan fingerprint density at radius 2 is 2.04 bits per heavy atom. The lowest BCUT2D eigenvalue weighted by molar-refractivity contribution is -0.118. The van der Waals surface area contributed by atoms with Crippen molar-refractivity contribution in [3.8, 4) is 0 Å². The Labute approximate surface area is 135 Å². The lowest BCUT2D eigenvalue weighted by Gasteiger charge is -2.13. The van der Waals surface area contributed by atoms with Gasteiger partial charge in [0.15, 0.2) is 5.58 Å². The van der Waals surface area contributed by atoms with Gasteiger partial charge < -0.3 is 9.73 Å². The molecular formula is C16H12ClFN2O3. The number of amides is 1. The molecule has 1 amide bonds. The summed E-state index contributed by atoms with van der Waals surface area (Å²) in [5, 5.41) is 2.50. The van der Waals surface area contributed by atoms with Gasteiger partial charge >= 0.3 is 5.76 Å². The van der Waals surface area contributed by atoms with Crippen molar-refractivity contribution < 1.29 is 13.6 Å².